The van der Waals surface area contributed by atoms with E-state index in [9.17, 15) is 14.4 Å². The van der Waals surface area contributed by atoms with Gasteiger partial charge in [-0.05, 0) is 0 Å². The Bertz CT molecular complexity index is 368. The summed E-state index contributed by atoms with van der Waals surface area (Å²) in [6.07, 6.45) is 1.95. The summed E-state index contributed by atoms with van der Waals surface area (Å²) in [7, 11) is 0. The highest BCUT2D eigenvalue weighted by atomic mass is 16.6. The van der Waals surface area contributed by atoms with Gasteiger partial charge in [-0.3, -0.25) is 19.8 Å². The van der Waals surface area contributed by atoms with Crippen molar-refractivity contribution in [2.45, 2.75) is 20.8 Å². The Morgan fingerprint density at radius 2 is 2.06 bits per heavy atom. The number of carbonyl (C=O) groups excluding carboxylic acids is 3. The summed E-state index contributed by atoms with van der Waals surface area (Å²) in [5, 5.41) is 2.22. The molecular weight excluding hydrogens is 224 g/mol. The SMILES string of the molecule is CC(C)(C)C(=O)NC(=O)/C=C\N1CCOC1=O. The molecule has 0 unspecified atom stereocenters. The number of amides is 3. The van der Waals surface area contributed by atoms with Gasteiger partial charge in [0.05, 0.1) is 6.54 Å². The van der Waals surface area contributed by atoms with Crippen LogP contribution in [-0.2, 0) is 14.3 Å². The largest absolute Gasteiger partial charge is 0.447 e. The Balaban J connectivity index is 2.47. The molecule has 1 N–H and O–H groups in total. The zero-order chi connectivity index (χ0) is 13.1. The average Bonchev–Trinajstić information content (AvgIpc) is 2.59. The molecule has 0 aliphatic carbocycles. The second-order valence-electron chi connectivity index (χ2n) is 4.69. The molecule has 0 spiro atoms. The van der Waals surface area contributed by atoms with Gasteiger partial charge in [0.1, 0.15) is 6.61 Å². The zero-order valence-electron chi connectivity index (χ0n) is 10.1. The van der Waals surface area contributed by atoms with E-state index in [1.165, 1.54) is 11.1 Å². The number of carbonyl (C=O) groups is 3. The van der Waals surface area contributed by atoms with Gasteiger partial charge in [0.25, 0.3) is 5.91 Å². The molecule has 0 saturated carbocycles. The van der Waals surface area contributed by atoms with Gasteiger partial charge in [-0.15, -0.1) is 0 Å². The number of hydrogen-bond donors (Lipinski definition) is 1. The van der Waals surface area contributed by atoms with Crippen LogP contribution in [0.4, 0.5) is 4.79 Å². The van der Waals surface area contributed by atoms with E-state index in [1.807, 2.05) is 0 Å². The first-order chi connectivity index (χ1) is 7.80. The third kappa shape index (κ3) is 3.90. The minimum absolute atomic E-state index is 0.311. The molecule has 0 radical (unpaired) electrons. The highest BCUT2D eigenvalue weighted by Crippen LogP contribution is 2.12. The molecule has 0 atom stereocenters. The van der Waals surface area contributed by atoms with Gasteiger partial charge in [-0.2, -0.15) is 0 Å². The number of cyclic esters (lactones) is 1. The standard InChI is InChI=1S/C11H16N2O4/c1-11(2,3)9(15)12-8(14)4-5-13-6-7-17-10(13)16/h4-5H,6-7H2,1-3H3,(H,12,14,15)/b5-4-. The van der Waals surface area contributed by atoms with Crippen LogP contribution < -0.4 is 5.32 Å². The van der Waals surface area contributed by atoms with Gasteiger partial charge >= 0.3 is 6.09 Å². The van der Waals surface area contributed by atoms with E-state index in [0.29, 0.717) is 13.2 Å². The van der Waals surface area contributed by atoms with E-state index in [1.54, 1.807) is 20.8 Å². The molecule has 3 amide bonds. The smallest absolute Gasteiger partial charge is 0.413 e. The fraction of sp³-hybridized carbons (Fsp3) is 0.545. The molecule has 94 valence electrons. The Kier molecular flexibility index (Phi) is 3.88. The molecule has 1 fully saturated rings. The van der Waals surface area contributed by atoms with Gasteiger partial charge in [0, 0.05) is 17.7 Å². The van der Waals surface area contributed by atoms with E-state index >= 15 is 0 Å². The Morgan fingerprint density at radius 1 is 1.41 bits per heavy atom. The molecule has 6 heteroatoms. The highest BCUT2D eigenvalue weighted by molar-refractivity contribution is 6.02. The molecule has 1 saturated heterocycles. The molecule has 0 aromatic rings. The van der Waals surface area contributed by atoms with Crippen molar-refractivity contribution in [3.05, 3.63) is 12.3 Å². The topological polar surface area (TPSA) is 75.7 Å². The molecule has 6 nitrogen and oxygen atoms in total. The first kappa shape index (κ1) is 13.2. The van der Waals surface area contributed by atoms with Crippen LogP contribution in [-0.4, -0.2) is 36.0 Å². The van der Waals surface area contributed by atoms with Crippen molar-refractivity contribution in [3.63, 3.8) is 0 Å². The summed E-state index contributed by atoms with van der Waals surface area (Å²) in [5.41, 5.74) is -0.629. The van der Waals surface area contributed by atoms with Crippen LogP contribution in [0.2, 0.25) is 0 Å². The number of nitrogens with one attached hydrogen (secondary N) is 1. The van der Waals surface area contributed by atoms with Crippen LogP contribution in [0.25, 0.3) is 0 Å². The molecular formula is C11H16N2O4. The minimum Gasteiger partial charge on any atom is -0.447 e. The lowest BCUT2D eigenvalue weighted by Crippen LogP contribution is -2.38. The first-order valence-electron chi connectivity index (χ1n) is 5.28. The van der Waals surface area contributed by atoms with Crippen molar-refractivity contribution in [2.24, 2.45) is 5.41 Å². The van der Waals surface area contributed by atoms with E-state index in [0.717, 1.165) is 6.08 Å². The average molecular weight is 240 g/mol. The predicted molar refractivity (Wildman–Crippen MR) is 59.8 cm³/mol. The van der Waals surface area contributed by atoms with Gasteiger partial charge in [-0.25, -0.2) is 4.79 Å². The van der Waals surface area contributed by atoms with Gasteiger partial charge < -0.3 is 4.74 Å². The Labute approximate surface area is 99.6 Å². The van der Waals surface area contributed by atoms with Crippen LogP contribution in [0.1, 0.15) is 20.8 Å². The minimum atomic E-state index is -0.629. The van der Waals surface area contributed by atoms with Crippen molar-refractivity contribution >= 4 is 17.9 Å². The lowest BCUT2D eigenvalue weighted by Gasteiger charge is -2.15. The molecule has 0 aromatic heterocycles. The summed E-state index contributed by atoms with van der Waals surface area (Å²) in [6.45, 7) is 5.84. The number of imide groups is 1. The van der Waals surface area contributed by atoms with Crippen LogP contribution in [0.15, 0.2) is 12.3 Å². The van der Waals surface area contributed by atoms with Crippen LogP contribution >= 0.6 is 0 Å². The number of nitrogens with zero attached hydrogens (tertiary/aromatic N) is 1. The first-order valence-corrected chi connectivity index (χ1v) is 5.28. The summed E-state index contributed by atoms with van der Waals surface area (Å²) in [4.78, 5) is 35.1. The summed E-state index contributed by atoms with van der Waals surface area (Å²) >= 11 is 0. The second kappa shape index (κ2) is 4.99. The van der Waals surface area contributed by atoms with Crippen molar-refractivity contribution in [3.8, 4) is 0 Å². The van der Waals surface area contributed by atoms with E-state index in [-0.39, 0.29) is 5.91 Å². The number of rotatable bonds is 2. The number of hydrogen-bond acceptors (Lipinski definition) is 4. The highest BCUT2D eigenvalue weighted by Gasteiger charge is 2.23. The maximum atomic E-state index is 11.5. The van der Waals surface area contributed by atoms with E-state index in [2.05, 4.69) is 10.1 Å². The molecule has 1 aliphatic heterocycles. The maximum Gasteiger partial charge on any atom is 0.413 e. The molecule has 1 heterocycles. The molecule has 1 aliphatic rings. The Morgan fingerprint density at radius 3 is 2.53 bits per heavy atom. The third-order valence-electron chi connectivity index (χ3n) is 2.12. The zero-order valence-corrected chi connectivity index (χ0v) is 10.1. The van der Waals surface area contributed by atoms with Gasteiger partial charge in [-0.1, -0.05) is 20.8 Å². The summed E-state index contributed by atoms with van der Waals surface area (Å²) in [5.74, 6) is -0.916. The van der Waals surface area contributed by atoms with Gasteiger partial charge in [0.2, 0.25) is 5.91 Å². The lowest BCUT2D eigenvalue weighted by molar-refractivity contribution is -0.133. The van der Waals surface area contributed by atoms with Crippen LogP contribution in [0.5, 0.6) is 0 Å². The van der Waals surface area contributed by atoms with Gasteiger partial charge in [0.15, 0.2) is 0 Å². The molecule has 1 rings (SSSR count). The summed E-state index contributed by atoms with van der Waals surface area (Å²) < 4.78 is 4.67. The molecule has 0 aromatic carbocycles. The molecule has 17 heavy (non-hydrogen) atoms. The second-order valence-corrected chi connectivity index (χ2v) is 4.69. The fourth-order valence-electron chi connectivity index (χ4n) is 1.04. The van der Waals surface area contributed by atoms with Crippen molar-refractivity contribution < 1.29 is 19.1 Å². The predicted octanol–water partition coefficient (Wildman–Crippen LogP) is 0.641. The third-order valence-corrected chi connectivity index (χ3v) is 2.12. The Hall–Kier alpha value is -1.85. The van der Waals surface area contributed by atoms with Crippen molar-refractivity contribution in [1.82, 2.24) is 10.2 Å². The van der Waals surface area contributed by atoms with Crippen LogP contribution in [0.3, 0.4) is 0 Å². The lowest BCUT2D eigenvalue weighted by atomic mass is 9.96. The monoisotopic (exact) mass is 240 g/mol. The van der Waals surface area contributed by atoms with E-state index < -0.39 is 17.4 Å². The quantitative estimate of drug-likeness (QED) is 0.719. The maximum absolute atomic E-state index is 11.5. The van der Waals surface area contributed by atoms with Crippen molar-refractivity contribution in [2.75, 3.05) is 13.2 Å². The summed E-state index contributed by atoms with van der Waals surface area (Å²) in [6, 6.07) is 0. The fourth-order valence-corrected chi connectivity index (χ4v) is 1.04. The number of ether oxygens (including phenoxy) is 1. The van der Waals surface area contributed by atoms with E-state index in [4.69, 9.17) is 0 Å². The molecule has 0 bridgehead atoms. The van der Waals surface area contributed by atoms with Crippen molar-refractivity contribution in [1.29, 1.82) is 0 Å². The van der Waals surface area contributed by atoms with Crippen LogP contribution in [0, 0.1) is 5.41 Å². The normalized spacial score (nSPS) is 16.2.